The van der Waals surface area contributed by atoms with Crippen molar-refractivity contribution in [3.63, 3.8) is 0 Å². The summed E-state index contributed by atoms with van der Waals surface area (Å²) in [4.78, 5) is 11.0. The molecule has 2 N–H and O–H groups in total. The van der Waals surface area contributed by atoms with Crippen molar-refractivity contribution < 1.29 is 9.52 Å². The van der Waals surface area contributed by atoms with Crippen LogP contribution in [-0.2, 0) is 13.0 Å². The number of hydrogen-bond acceptors (Lipinski definition) is 4. The molecule has 0 unspecified atom stereocenters. The number of rotatable bonds is 3. The first-order valence-electron chi connectivity index (χ1n) is 4.33. The van der Waals surface area contributed by atoms with Gasteiger partial charge in [0.05, 0.1) is 12.0 Å². The predicted octanol–water partition coefficient (Wildman–Crippen LogP) is 0.789. The van der Waals surface area contributed by atoms with Crippen LogP contribution in [0.5, 0.6) is 0 Å². The molecule has 0 radical (unpaired) electrons. The Bertz CT molecular complexity index is 406. The Morgan fingerprint density at radius 1 is 1.57 bits per heavy atom. The summed E-state index contributed by atoms with van der Waals surface area (Å²) in [5.74, 6) is 1.10. The van der Waals surface area contributed by atoms with E-state index in [0.717, 1.165) is 17.1 Å². The van der Waals surface area contributed by atoms with E-state index in [1.807, 2.05) is 6.92 Å². The molecule has 74 valence electrons. The maximum absolute atomic E-state index is 8.83. The van der Waals surface area contributed by atoms with Gasteiger partial charge in [0.25, 0.3) is 0 Å². The van der Waals surface area contributed by atoms with Gasteiger partial charge in [0.15, 0.2) is 0 Å². The van der Waals surface area contributed by atoms with Gasteiger partial charge in [0.2, 0.25) is 5.89 Å². The highest BCUT2D eigenvalue weighted by Crippen LogP contribution is 2.13. The average Bonchev–Trinajstić information content (AvgIpc) is 2.78. The van der Waals surface area contributed by atoms with Crippen molar-refractivity contribution in [2.75, 3.05) is 0 Å². The first-order valence-corrected chi connectivity index (χ1v) is 4.33. The zero-order valence-corrected chi connectivity index (χ0v) is 7.82. The van der Waals surface area contributed by atoms with E-state index < -0.39 is 0 Å². The zero-order chi connectivity index (χ0) is 9.97. The minimum Gasteiger partial charge on any atom is -0.443 e. The molecule has 14 heavy (non-hydrogen) atoms. The largest absolute Gasteiger partial charge is 0.443 e. The van der Waals surface area contributed by atoms with E-state index in [9.17, 15) is 0 Å². The molecule has 0 bridgehead atoms. The molecule has 0 saturated carbocycles. The molecule has 5 nitrogen and oxygen atoms in total. The second-order valence-corrected chi connectivity index (χ2v) is 3.02. The molecule has 0 saturated heterocycles. The quantitative estimate of drug-likeness (QED) is 0.755. The fraction of sp³-hybridized carbons (Fsp3) is 0.333. The number of aliphatic hydroxyl groups is 1. The predicted molar refractivity (Wildman–Crippen MR) is 48.6 cm³/mol. The van der Waals surface area contributed by atoms with Gasteiger partial charge < -0.3 is 14.5 Å². The van der Waals surface area contributed by atoms with Gasteiger partial charge in [-0.15, -0.1) is 0 Å². The van der Waals surface area contributed by atoms with Crippen LogP contribution in [0.2, 0.25) is 0 Å². The summed E-state index contributed by atoms with van der Waals surface area (Å²) in [6.07, 6.45) is 4.01. The maximum Gasteiger partial charge on any atom is 0.220 e. The number of aryl methyl sites for hydroxylation is 1. The molecular formula is C9H11N3O2. The first-order chi connectivity index (χ1) is 6.79. The fourth-order valence-electron chi connectivity index (χ4n) is 1.28. The molecule has 0 atom stereocenters. The summed E-state index contributed by atoms with van der Waals surface area (Å²) >= 11 is 0. The average molecular weight is 193 g/mol. The van der Waals surface area contributed by atoms with Gasteiger partial charge in [-0.3, -0.25) is 0 Å². The third-order valence-corrected chi connectivity index (χ3v) is 1.98. The maximum atomic E-state index is 8.83. The zero-order valence-electron chi connectivity index (χ0n) is 7.82. The summed E-state index contributed by atoms with van der Waals surface area (Å²) in [7, 11) is 0. The minimum absolute atomic E-state index is 0.163. The normalized spacial score (nSPS) is 10.7. The summed E-state index contributed by atoms with van der Waals surface area (Å²) in [6.45, 7) is 1.67. The van der Waals surface area contributed by atoms with Gasteiger partial charge in [-0.25, -0.2) is 9.97 Å². The van der Waals surface area contributed by atoms with Crippen molar-refractivity contribution in [1.82, 2.24) is 15.0 Å². The Labute approximate surface area is 80.8 Å². The van der Waals surface area contributed by atoms with Crippen LogP contribution in [0.4, 0.5) is 0 Å². The van der Waals surface area contributed by atoms with E-state index in [1.165, 1.54) is 0 Å². The van der Waals surface area contributed by atoms with E-state index in [2.05, 4.69) is 15.0 Å². The van der Waals surface area contributed by atoms with Crippen LogP contribution < -0.4 is 0 Å². The third-order valence-electron chi connectivity index (χ3n) is 1.98. The van der Waals surface area contributed by atoms with Gasteiger partial charge in [-0.1, -0.05) is 0 Å². The molecular weight excluding hydrogens is 182 g/mol. The number of nitrogens with zero attached hydrogens (tertiary/aromatic N) is 2. The summed E-state index contributed by atoms with van der Waals surface area (Å²) < 4.78 is 5.22. The number of H-pyrrole nitrogens is 1. The summed E-state index contributed by atoms with van der Waals surface area (Å²) in [5.41, 5.74) is 1.81. The Kier molecular flexibility index (Phi) is 2.32. The molecule has 0 spiro atoms. The summed E-state index contributed by atoms with van der Waals surface area (Å²) in [5, 5.41) is 8.83. The Morgan fingerprint density at radius 3 is 3.00 bits per heavy atom. The number of oxazole rings is 1. The molecule has 0 aliphatic rings. The lowest BCUT2D eigenvalue weighted by molar-refractivity contribution is 0.238. The van der Waals surface area contributed by atoms with Crippen molar-refractivity contribution in [1.29, 1.82) is 0 Å². The van der Waals surface area contributed by atoms with Crippen molar-refractivity contribution in [2.45, 2.75) is 20.0 Å². The third kappa shape index (κ3) is 1.67. The van der Waals surface area contributed by atoms with Gasteiger partial charge >= 0.3 is 0 Å². The van der Waals surface area contributed by atoms with Crippen LogP contribution >= 0.6 is 0 Å². The second-order valence-electron chi connectivity index (χ2n) is 3.02. The van der Waals surface area contributed by atoms with Crippen molar-refractivity contribution >= 4 is 0 Å². The van der Waals surface area contributed by atoms with E-state index >= 15 is 0 Å². The molecule has 0 amide bonds. The molecule has 0 fully saturated rings. The number of imidazole rings is 1. The van der Waals surface area contributed by atoms with E-state index in [1.54, 1.807) is 12.5 Å². The second kappa shape index (κ2) is 3.63. The fourth-order valence-corrected chi connectivity index (χ4v) is 1.28. The molecule has 0 aliphatic heterocycles. The van der Waals surface area contributed by atoms with Crippen LogP contribution in [0, 0.1) is 6.92 Å². The lowest BCUT2D eigenvalue weighted by atomic mass is 10.2. The van der Waals surface area contributed by atoms with Crippen molar-refractivity contribution in [2.24, 2.45) is 0 Å². The Morgan fingerprint density at radius 2 is 2.43 bits per heavy atom. The highest BCUT2D eigenvalue weighted by atomic mass is 16.4. The minimum atomic E-state index is -0.163. The van der Waals surface area contributed by atoms with Crippen molar-refractivity contribution in [3.8, 4) is 0 Å². The number of aromatic nitrogens is 3. The SMILES string of the molecule is Cc1oc(CO)nc1Cc1cnc[nH]1. The van der Waals surface area contributed by atoms with Crippen molar-refractivity contribution in [3.05, 3.63) is 35.6 Å². The summed E-state index contributed by atoms with van der Waals surface area (Å²) in [6, 6.07) is 0. The van der Waals surface area contributed by atoms with Crippen LogP contribution in [0.25, 0.3) is 0 Å². The van der Waals surface area contributed by atoms with Gasteiger partial charge in [0.1, 0.15) is 12.4 Å². The van der Waals surface area contributed by atoms with E-state index in [4.69, 9.17) is 9.52 Å². The molecule has 2 heterocycles. The number of aromatic amines is 1. The monoisotopic (exact) mass is 193 g/mol. The Hall–Kier alpha value is -1.62. The number of aliphatic hydroxyl groups excluding tert-OH is 1. The lowest BCUT2D eigenvalue weighted by Gasteiger charge is -1.92. The molecule has 0 aliphatic carbocycles. The smallest absolute Gasteiger partial charge is 0.220 e. The van der Waals surface area contributed by atoms with Gasteiger partial charge in [0, 0.05) is 18.3 Å². The van der Waals surface area contributed by atoms with Crippen LogP contribution in [0.3, 0.4) is 0 Å². The number of hydrogen-bond donors (Lipinski definition) is 2. The topological polar surface area (TPSA) is 74.9 Å². The van der Waals surface area contributed by atoms with Gasteiger partial charge in [-0.2, -0.15) is 0 Å². The Balaban J connectivity index is 2.20. The first kappa shape index (κ1) is 8.96. The molecule has 0 aromatic carbocycles. The molecule has 5 heteroatoms. The van der Waals surface area contributed by atoms with E-state index in [-0.39, 0.29) is 6.61 Å². The van der Waals surface area contributed by atoms with Crippen LogP contribution in [-0.4, -0.2) is 20.1 Å². The standard InChI is InChI=1S/C9H11N3O2/c1-6-8(12-9(4-13)14-6)2-7-3-10-5-11-7/h3,5,13H,2,4H2,1H3,(H,10,11). The van der Waals surface area contributed by atoms with Crippen LogP contribution in [0.15, 0.2) is 16.9 Å². The van der Waals surface area contributed by atoms with E-state index in [0.29, 0.717) is 12.3 Å². The van der Waals surface area contributed by atoms with Gasteiger partial charge in [-0.05, 0) is 6.92 Å². The highest BCUT2D eigenvalue weighted by molar-refractivity contribution is 5.15. The highest BCUT2D eigenvalue weighted by Gasteiger charge is 2.09. The lowest BCUT2D eigenvalue weighted by Crippen LogP contribution is -1.91. The van der Waals surface area contributed by atoms with Crippen LogP contribution in [0.1, 0.15) is 23.0 Å². The molecule has 2 aromatic heterocycles. The number of nitrogens with one attached hydrogen (secondary N) is 1. The molecule has 2 rings (SSSR count). The molecule has 2 aromatic rings.